The van der Waals surface area contributed by atoms with Crippen molar-refractivity contribution in [3.05, 3.63) is 71.8 Å². The van der Waals surface area contributed by atoms with Crippen molar-refractivity contribution in [2.45, 2.75) is 19.1 Å². The van der Waals surface area contributed by atoms with Gasteiger partial charge in [0.1, 0.15) is 11.6 Å². The van der Waals surface area contributed by atoms with Crippen molar-refractivity contribution in [3.63, 3.8) is 0 Å². The molecule has 2 aromatic rings. The lowest BCUT2D eigenvalue weighted by Crippen LogP contribution is -2.32. The minimum Gasteiger partial charge on any atom is -0.299 e. The first-order chi connectivity index (χ1) is 12.1. The van der Waals surface area contributed by atoms with E-state index in [9.17, 15) is 9.59 Å². The van der Waals surface area contributed by atoms with Gasteiger partial charge in [-0.15, -0.1) is 0 Å². The lowest BCUT2D eigenvalue weighted by Gasteiger charge is -2.28. The number of benzene rings is 2. The minimum atomic E-state index is -0.698. The molecule has 0 aromatic heterocycles. The zero-order valence-electron chi connectivity index (χ0n) is 14.2. The van der Waals surface area contributed by atoms with Crippen LogP contribution in [0.25, 0.3) is 11.1 Å². The number of hydrogen-bond acceptors (Lipinski definition) is 4. The van der Waals surface area contributed by atoms with Crippen LogP contribution in [0.4, 0.5) is 0 Å². The Morgan fingerprint density at radius 2 is 1.40 bits per heavy atom. The summed E-state index contributed by atoms with van der Waals surface area (Å²) in [7, 11) is 0. The maximum atomic E-state index is 12.2. The maximum absolute atomic E-state index is 12.2. The Morgan fingerprint density at radius 1 is 0.880 bits per heavy atom. The number of allylic oxidation sites excluding steroid dienone is 1. The van der Waals surface area contributed by atoms with E-state index in [1.807, 2.05) is 66.9 Å². The molecule has 0 N–H and O–H groups in total. The molecular weight excluding hydrogens is 330 g/mol. The normalized spacial score (nSPS) is 17.0. The molecule has 0 saturated heterocycles. The SMILES string of the molecule is CC(=O)C(C(C)=O)C1SN=CC(c2ccccc2)=C1c1ccccc1. The van der Waals surface area contributed by atoms with Gasteiger partial charge >= 0.3 is 0 Å². The van der Waals surface area contributed by atoms with E-state index in [1.165, 1.54) is 25.8 Å². The second-order valence-electron chi connectivity index (χ2n) is 6.02. The Balaban J connectivity index is 2.23. The summed E-state index contributed by atoms with van der Waals surface area (Å²) in [6.45, 7) is 2.96. The van der Waals surface area contributed by atoms with Crippen molar-refractivity contribution < 1.29 is 9.59 Å². The first kappa shape index (κ1) is 17.4. The molecule has 3 rings (SSSR count). The van der Waals surface area contributed by atoms with Crippen LogP contribution in [0.3, 0.4) is 0 Å². The van der Waals surface area contributed by atoms with E-state index in [0.717, 1.165) is 22.3 Å². The van der Waals surface area contributed by atoms with Crippen LogP contribution in [0, 0.1) is 5.92 Å². The van der Waals surface area contributed by atoms with Gasteiger partial charge < -0.3 is 0 Å². The van der Waals surface area contributed by atoms with Crippen molar-refractivity contribution in [3.8, 4) is 0 Å². The zero-order valence-corrected chi connectivity index (χ0v) is 15.0. The first-order valence-corrected chi connectivity index (χ1v) is 8.98. The van der Waals surface area contributed by atoms with Gasteiger partial charge in [-0.3, -0.25) is 9.59 Å². The summed E-state index contributed by atoms with van der Waals surface area (Å²) in [6, 6.07) is 19.9. The molecule has 0 spiro atoms. The molecule has 0 radical (unpaired) electrons. The van der Waals surface area contributed by atoms with Gasteiger partial charge in [-0.2, -0.15) is 0 Å². The van der Waals surface area contributed by atoms with Gasteiger partial charge in [0.05, 0.1) is 11.2 Å². The predicted molar refractivity (Wildman–Crippen MR) is 104 cm³/mol. The number of hydrogen-bond donors (Lipinski definition) is 0. The third-order valence-electron chi connectivity index (χ3n) is 4.28. The van der Waals surface area contributed by atoms with Crippen LogP contribution in [0.5, 0.6) is 0 Å². The number of carbonyl (C=O) groups excluding carboxylic acids is 2. The second-order valence-corrected chi connectivity index (χ2v) is 6.95. The van der Waals surface area contributed by atoms with Crippen LogP contribution >= 0.6 is 11.9 Å². The summed E-state index contributed by atoms with van der Waals surface area (Å²) in [5, 5.41) is -0.322. The Kier molecular flexibility index (Phi) is 5.29. The van der Waals surface area contributed by atoms with Crippen molar-refractivity contribution in [1.29, 1.82) is 0 Å². The molecular formula is C21H19NO2S. The zero-order chi connectivity index (χ0) is 17.8. The Bertz CT molecular complexity index is 827. The lowest BCUT2D eigenvalue weighted by atomic mass is 9.84. The van der Waals surface area contributed by atoms with E-state index in [4.69, 9.17) is 0 Å². The van der Waals surface area contributed by atoms with Crippen LogP contribution in [-0.2, 0) is 9.59 Å². The summed E-state index contributed by atoms with van der Waals surface area (Å²) >= 11 is 1.30. The van der Waals surface area contributed by atoms with E-state index in [-0.39, 0.29) is 16.8 Å². The van der Waals surface area contributed by atoms with Crippen LogP contribution in [0.1, 0.15) is 25.0 Å². The van der Waals surface area contributed by atoms with Crippen LogP contribution in [0.2, 0.25) is 0 Å². The highest BCUT2D eigenvalue weighted by Gasteiger charge is 2.36. The van der Waals surface area contributed by atoms with Crippen LogP contribution in [0.15, 0.2) is 65.1 Å². The number of rotatable bonds is 5. The minimum absolute atomic E-state index is 0.122. The second kappa shape index (κ2) is 7.62. The summed E-state index contributed by atoms with van der Waals surface area (Å²) in [6.07, 6.45) is 1.83. The van der Waals surface area contributed by atoms with E-state index in [0.29, 0.717) is 0 Å². The largest absolute Gasteiger partial charge is 0.299 e. The Labute approximate surface area is 152 Å². The molecule has 0 saturated carbocycles. The molecule has 1 unspecified atom stereocenters. The fourth-order valence-corrected chi connectivity index (χ4v) is 4.32. The standard InChI is InChI=1S/C21H19NO2S/c1-14(23)19(15(2)24)21-20(17-11-7-4-8-12-17)18(13-22-25-21)16-9-5-3-6-10-16/h3-13,19,21H,1-2H3. The predicted octanol–water partition coefficient (Wildman–Crippen LogP) is 4.49. The third-order valence-corrected chi connectivity index (χ3v) is 5.24. The molecule has 0 bridgehead atoms. The first-order valence-electron chi connectivity index (χ1n) is 8.14. The van der Waals surface area contributed by atoms with Crippen molar-refractivity contribution in [2.24, 2.45) is 10.3 Å². The molecule has 126 valence electrons. The molecule has 0 aliphatic carbocycles. The van der Waals surface area contributed by atoms with Crippen molar-refractivity contribution in [2.75, 3.05) is 0 Å². The van der Waals surface area contributed by atoms with Gasteiger partial charge in [-0.25, -0.2) is 4.40 Å². The molecule has 1 aliphatic rings. The highest BCUT2D eigenvalue weighted by molar-refractivity contribution is 7.99. The average molecular weight is 349 g/mol. The van der Waals surface area contributed by atoms with Gasteiger partial charge in [0, 0.05) is 11.8 Å². The third kappa shape index (κ3) is 3.64. The maximum Gasteiger partial charge on any atom is 0.141 e. The lowest BCUT2D eigenvalue weighted by molar-refractivity contribution is -0.129. The highest BCUT2D eigenvalue weighted by atomic mass is 32.2. The Hall–Kier alpha value is -2.46. The number of nitrogens with zero attached hydrogens (tertiary/aromatic N) is 1. The fourth-order valence-electron chi connectivity index (χ4n) is 3.15. The molecule has 1 atom stereocenters. The molecule has 2 aromatic carbocycles. The molecule has 3 nitrogen and oxygen atoms in total. The molecule has 4 heteroatoms. The number of Topliss-reactive ketones (excluding diaryl/α,β-unsaturated/α-hetero) is 2. The van der Waals surface area contributed by atoms with Gasteiger partial charge in [0.2, 0.25) is 0 Å². The summed E-state index contributed by atoms with van der Waals surface area (Å²) < 4.78 is 4.41. The van der Waals surface area contributed by atoms with Gasteiger partial charge in [-0.1, -0.05) is 60.7 Å². The number of ketones is 2. The van der Waals surface area contributed by atoms with Gasteiger partial charge in [0.15, 0.2) is 0 Å². The average Bonchev–Trinajstić information content (AvgIpc) is 2.62. The summed E-state index contributed by atoms with van der Waals surface area (Å²) in [5.41, 5.74) is 3.99. The van der Waals surface area contributed by atoms with Gasteiger partial charge in [-0.05, 0) is 42.5 Å². The molecule has 25 heavy (non-hydrogen) atoms. The van der Waals surface area contributed by atoms with E-state index in [1.54, 1.807) is 0 Å². The van der Waals surface area contributed by atoms with E-state index < -0.39 is 5.92 Å². The monoisotopic (exact) mass is 349 g/mol. The summed E-state index contributed by atoms with van der Waals surface area (Å²) in [5.74, 6) is -0.942. The fraction of sp³-hybridized carbons (Fsp3) is 0.190. The van der Waals surface area contributed by atoms with Crippen molar-refractivity contribution >= 4 is 40.9 Å². The van der Waals surface area contributed by atoms with Crippen molar-refractivity contribution in [1.82, 2.24) is 0 Å². The van der Waals surface area contributed by atoms with E-state index >= 15 is 0 Å². The molecule has 1 aliphatic heterocycles. The highest BCUT2D eigenvalue weighted by Crippen LogP contribution is 2.42. The Morgan fingerprint density at radius 3 is 1.92 bits per heavy atom. The smallest absolute Gasteiger partial charge is 0.141 e. The molecule has 0 fully saturated rings. The van der Waals surface area contributed by atoms with Gasteiger partial charge in [0.25, 0.3) is 0 Å². The number of carbonyl (C=O) groups is 2. The molecule has 1 heterocycles. The summed E-state index contributed by atoms with van der Waals surface area (Å²) in [4.78, 5) is 24.4. The molecule has 0 amide bonds. The van der Waals surface area contributed by atoms with Crippen LogP contribution in [-0.4, -0.2) is 23.0 Å². The topological polar surface area (TPSA) is 46.5 Å². The van der Waals surface area contributed by atoms with Crippen LogP contribution < -0.4 is 0 Å². The quantitative estimate of drug-likeness (QED) is 0.590. The van der Waals surface area contributed by atoms with E-state index in [2.05, 4.69) is 4.40 Å².